The number of hydrogen-bond acceptors (Lipinski definition) is 5. The molecule has 2 amide bonds. The number of ether oxygens (including phenoxy) is 2. The van der Waals surface area contributed by atoms with Crippen LogP contribution in [0.25, 0.3) is 6.08 Å². The fourth-order valence-electron chi connectivity index (χ4n) is 3.78. The number of thiophene rings is 1. The fourth-order valence-corrected chi connectivity index (χ4v) is 4.93. The van der Waals surface area contributed by atoms with Gasteiger partial charge in [-0.15, -0.1) is 11.3 Å². The number of amides is 2. The summed E-state index contributed by atoms with van der Waals surface area (Å²) < 4.78 is 11.1. The third kappa shape index (κ3) is 6.51. The highest BCUT2D eigenvalue weighted by Gasteiger charge is 2.28. The van der Waals surface area contributed by atoms with Crippen LogP contribution >= 0.6 is 22.9 Å². The van der Waals surface area contributed by atoms with Gasteiger partial charge in [-0.2, -0.15) is 0 Å². The van der Waals surface area contributed by atoms with Crippen molar-refractivity contribution in [3.63, 3.8) is 0 Å². The molecule has 0 saturated carbocycles. The van der Waals surface area contributed by atoms with Gasteiger partial charge >= 0.3 is 0 Å². The lowest BCUT2D eigenvalue weighted by atomic mass is 10.1. The van der Waals surface area contributed by atoms with Crippen molar-refractivity contribution in [3.8, 4) is 11.5 Å². The first-order valence-electron chi connectivity index (χ1n) is 11.2. The zero-order chi connectivity index (χ0) is 24.0. The van der Waals surface area contributed by atoms with Gasteiger partial charge < -0.3 is 19.7 Å². The molecular weight excluding hydrogens is 460 g/mol. The van der Waals surface area contributed by atoms with Crippen molar-refractivity contribution in [2.75, 3.05) is 13.7 Å². The molecule has 8 heteroatoms. The summed E-state index contributed by atoms with van der Waals surface area (Å²) in [5, 5.41) is 5.35. The number of benzene rings is 1. The van der Waals surface area contributed by atoms with Gasteiger partial charge in [0.25, 0.3) is 0 Å². The van der Waals surface area contributed by atoms with Gasteiger partial charge in [0.2, 0.25) is 11.8 Å². The monoisotopic (exact) mass is 490 g/mol. The number of nitrogens with one attached hydrogen (secondary N) is 1. The molecule has 1 unspecified atom stereocenters. The van der Waals surface area contributed by atoms with Crippen molar-refractivity contribution >= 4 is 40.8 Å². The lowest BCUT2D eigenvalue weighted by Crippen LogP contribution is -2.49. The van der Waals surface area contributed by atoms with Crippen molar-refractivity contribution in [1.29, 1.82) is 0 Å². The molecule has 0 fully saturated rings. The molecule has 1 aromatic heterocycles. The van der Waals surface area contributed by atoms with Gasteiger partial charge in [-0.25, -0.2) is 0 Å². The number of methoxy groups -OCH3 is 1. The second-order valence-corrected chi connectivity index (χ2v) is 9.67. The maximum Gasteiger partial charge on any atom is 0.245 e. The summed E-state index contributed by atoms with van der Waals surface area (Å²) in [6, 6.07) is 5.00. The number of halogens is 1. The van der Waals surface area contributed by atoms with Crippen LogP contribution in [-0.2, 0) is 22.6 Å². The molecule has 33 heavy (non-hydrogen) atoms. The zero-order valence-electron chi connectivity index (χ0n) is 19.5. The summed E-state index contributed by atoms with van der Waals surface area (Å²) >= 11 is 8.10. The van der Waals surface area contributed by atoms with E-state index in [2.05, 4.69) is 16.8 Å². The Bertz CT molecular complexity index is 1020. The maximum absolute atomic E-state index is 13.1. The zero-order valence-corrected chi connectivity index (χ0v) is 21.1. The third-order valence-corrected chi connectivity index (χ3v) is 6.65. The van der Waals surface area contributed by atoms with Gasteiger partial charge in [0.1, 0.15) is 6.04 Å². The number of fused-ring (bicyclic) bond motifs is 1. The molecule has 1 aliphatic rings. The van der Waals surface area contributed by atoms with Crippen LogP contribution in [-0.4, -0.2) is 42.5 Å². The van der Waals surface area contributed by atoms with Gasteiger partial charge in [-0.1, -0.05) is 24.9 Å². The van der Waals surface area contributed by atoms with Crippen LogP contribution in [0.15, 0.2) is 29.7 Å². The molecule has 6 nitrogen and oxygen atoms in total. The Hall–Kier alpha value is -2.51. The Labute approximate surface area is 204 Å². The molecule has 3 rings (SSSR count). The lowest BCUT2D eigenvalue weighted by molar-refractivity contribution is -0.136. The summed E-state index contributed by atoms with van der Waals surface area (Å²) in [6.45, 7) is 7.11. The minimum Gasteiger partial charge on any atom is -0.493 e. The van der Waals surface area contributed by atoms with E-state index in [1.54, 1.807) is 36.7 Å². The van der Waals surface area contributed by atoms with E-state index in [-0.39, 0.29) is 17.9 Å². The lowest BCUT2D eigenvalue weighted by Gasteiger charge is -2.30. The van der Waals surface area contributed by atoms with Crippen molar-refractivity contribution in [1.82, 2.24) is 10.2 Å². The van der Waals surface area contributed by atoms with E-state index in [1.807, 2.05) is 25.7 Å². The van der Waals surface area contributed by atoms with E-state index in [0.29, 0.717) is 41.6 Å². The van der Waals surface area contributed by atoms with E-state index in [0.717, 1.165) is 12.8 Å². The predicted molar refractivity (Wildman–Crippen MR) is 133 cm³/mol. The molecule has 1 aliphatic heterocycles. The largest absolute Gasteiger partial charge is 0.493 e. The van der Waals surface area contributed by atoms with Gasteiger partial charge in [0, 0.05) is 24.0 Å². The SMILES string of the molecule is CCCC(NC(=O)/C=C/c1cc(Cl)c(OC(C)C)c(OC)c1)C(=O)N1CCc2sccc2C1. The van der Waals surface area contributed by atoms with Crippen LogP contribution in [0.2, 0.25) is 5.02 Å². The van der Waals surface area contributed by atoms with E-state index in [9.17, 15) is 9.59 Å². The Balaban J connectivity index is 1.67. The van der Waals surface area contributed by atoms with Crippen LogP contribution in [0, 0.1) is 0 Å². The molecule has 2 aromatic rings. The third-order valence-electron chi connectivity index (χ3n) is 5.34. The van der Waals surface area contributed by atoms with E-state index in [1.165, 1.54) is 16.5 Å². The molecule has 0 aliphatic carbocycles. The highest BCUT2D eigenvalue weighted by Crippen LogP contribution is 2.37. The molecule has 0 saturated heterocycles. The first kappa shape index (κ1) is 25.1. The van der Waals surface area contributed by atoms with Gasteiger partial charge in [0.15, 0.2) is 11.5 Å². The van der Waals surface area contributed by atoms with Gasteiger partial charge in [-0.3, -0.25) is 9.59 Å². The summed E-state index contributed by atoms with van der Waals surface area (Å²) in [5.74, 6) is 0.607. The van der Waals surface area contributed by atoms with Crippen LogP contribution in [0.5, 0.6) is 11.5 Å². The van der Waals surface area contributed by atoms with Gasteiger partial charge in [-0.05, 0) is 67.5 Å². The number of carbonyl (C=O) groups excluding carboxylic acids is 2. The molecule has 1 aromatic carbocycles. The minimum absolute atomic E-state index is 0.0321. The van der Waals surface area contributed by atoms with Crippen molar-refractivity contribution in [2.24, 2.45) is 0 Å². The second-order valence-electron chi connectivity index (χ2n) is 8.26. The topological polar surface area (TPSA) is 67.9 Å². The first-order valence-corrected chi connectivity index (χ1v) is 12.4. The van der Waals surface area contributed by atoms with Gasteiger partial charge in [0.05, 0.1) is 18.2 Å². The number of nitrogens with zero attached hydrogens (tertiary/aromatic N) is 1. The Kier molecular flexibility index (Phi) is 8.80. The minimum atomic E-state index is -0.549. The summed E-state index contributed by atoms with van der Waals surface area (Å²) in [5.41, 5.74) is 1.90. The highest BCUT2D eigenvalue weighted by atomic mass is 35.5. The van der Waals surface area contributed by atoms with Crippen molar-refractivity contribution in [3.05, 3.63) is 50.7 Å². The smallest absolute Gasteiger partial charge is 0.245 e. The fraction of sp³-hybridized carbons (Fsp3) is 0.440. The molecule has 0 spiro atoms. The molecule has 2 heterocycles. The standard InChI is InChI=1S/C25H31ClN2O4S/c1-5-6-20(25(30)28-11-9-22-18(15-28)10-12-33-22)27-23(29)8-7-17-13-19(26)24(32-16(2)3)21(14-17)31-4/h7-8,10,12-14,16,20H,5-6,9,11,15H2,1-4H3,(H,27,29)/b8-7+. The summed E-state index contributed by atoms with van der Waals surface area (Å²) in [7, 11) is 1.54. The van der Waals surface area contributed by atoms with Crippen molar-refractivity contribution in [2.45, 2.75) is 58.7 Å². The molecule has 1 N–H and O–H groups in total. The Morgan fingerprint density at radius 3 is 2.82 bits per heavy atom. The average Bonchev–Trinajstić information content (AvgIpc) is 3.26. The summed E-state index contributed by atoms with van der Waals surface area (Å²) in [6.07, 6.45) is 5.26. The Morgan fingerprint density at radius 2 is 2.12 bits per heavy atom. The van der Waals surface area contributed by atoms with E-state index in [4.69, 9.17) is 21.1 Å². The molecular formula is C25H31ClN2O4S. The quantitative estimate of drug-likeness (QED) is 0.498. The second kappa shape index (κ2) is 11.6. The number of rotatable bonds is 9. The predicted octanol–water partition coefficient (Wildman–Crippen LogP) is 5.08. The van der Waals surface area contributed by atoms with Crippen molar-refractivity contribution < 1.29 is 19.1 Å². The summed E-state index contributed by atoms with van der Waals surface area (Å²) in [4.78, 5) is 29.0. The highest BCUT2D eigenvalue weighted by molar-refractivity contribution is 7.10. The average molecular weight is 491 g/mol. The van der Waals surface area contributed by atoms with Crippen LogP contribution in [0.4, 0.5) is 0 Å². The number of hydrogen-bond donors (Lipinski definition) is 1. The molecule has 0 radical (unpaired) electrons. The molecule has 178 valence electrons. The van der Waals surface area contributed by atoms with Crippen LogP contribution in [0.3, 0.4) is 0 Å². The van der Waals surface area contributed by atoms with E-state index < -0.39 is 6.04 Å². The number of carbonyl (C=O) groups is 2. The van der Waals surface area contributed by atoms with Crippen LogP contribution in [0.1, 0.15) is 49.6 Å². The van der Waals surface area contributed by atoms with Crippen LogP contribution < -0.4 is 14.8 Å². The Morgan fingerprint density at radius 1 is 1.33 bits per heavy atom. The molecule has 1 atom stereocenters. The molecule has 0 bridgehead atoms. The van der Waals surface area contributed by atoms with E-state index >= 15 is 0 Å². The maximum atomic E-state index is 13.1. The first-order chi connectivity index (χ1) is 15.8. The normalized spacial score (nSPS) is 14.3.